The highest BCUT2D eigenvalue weighted by Gasteiger charge is 2.29. The molecule has 0 aliphatic carbocycles. The van der Waals surface area contributed by atoms with Gasteiger partial charge in [0.15, 0.2) is 6.54 Å². The number of likely N-dealkylation sites (tertiary alicyclic amines) is 1. The molecule has 1 aliphatic rings. The first-order valence-corrected chi connectivity index (χ1v) is 11.5. The van der Waals surface area contributed by atoms with Crippen LogP contribution in [-0.4, -0.2) is 55.7 Å². The van der Waals surface area contributed by atoms with Gasteiger partial charge in [0.2, 0.25) is 0 Å². The van der Waals surface area contributed by atoms with E-state index in [0.717, 1.165) is 37.0 Å². The van der Waals surface area contributed by atoms with Crippen LogP contribution in [0.2, 0.25) is 0 Å². The fourth-order valence-corrected chi connectivity index (χ4v) is 5.31. The Morgan fingerprint density at radius 1 is 1.20 bits per heavy atom. The number of aromatic nitrogens is 1. The standard InChI is InChI=1S/C24H29N3O2S/c1-29-15-14-27(16-19-8-3-2-4-9-19)23(28)18-26-13-7-10-20(17-26)24-25-21-11-5-6-12-22(21)30-24/h2-6,8-9,11-12,20H,7,10,13-18H2,1H3/p+1/t20-/m1/s1. The van der Waals surface area contributed by atoms with Gasteiger partial charge in [0.05, 0.1) is 35.8 Å². The van der Waals surface area contributed by atoms with Crippen molar-refractivity contribution in [1.82, 2.24) is 9.88 Å². The van der Waals surface area contributed by atoms with Crippen LogP contribution in [0.4, 0.5) is 0 Å². The number of benzene rings is 2. The lowest BCUT2D eigenvalue weighted by Gasteiger charge is -2.30. The number of nitrogens with one attached hydrogen (secondary N) is 1. The van der Waals surface area contributed by atoms with Crippen molar-refractivity contribution in [2.24, 2.45) is 0 Å². The predicted octanol–water partition coefficient (Wildman–Crippen LogP) is 2.73. The third kappa shape index (κ3) is 5.25. The first kappa shape index (κ1) is 21.0. The Morgan fingerprint density at radius 2 is 2.00 bits per heavy atom. The maximum absolute atomic E-state index is 13.1. The fraction of sp³-hybridized carbons (Fsp3) is 0.417. The van der Waals surface area contributed by atoms with Gasteiger partial charge in [0, 0.05) is 20.2 Å². The molecule has 1 N–H and O–H groups in total. The van der Waals surface area contributed by atoms with Gasteiger partial charge < -0.3 is 14.5 Å². The number of ether oxygens (including phenoxy) is 1. The molecular formula is C24H30N3O2S+. The van der Waals surface area contributed by atoms with Crippen molar-refractivity contribution in [3.63, 3.8) is 0 Å². The molecule has 2 aromatic carbocycles. The topological polar surface area (TPSA) is 46.9 Å². The van der Waals surface area contributed by atoms with Crippen molar-refractivity contribution < 1.29 is 14.4 Å². The lowest BCUT2D eigenvalue weighted by Crippen LogP contribution is -3.14. The molecule has 0 radical (unpaired) electrons. The van der Waals surface area contributed by atoms with E-state index in [2.05, 4.69) is 30.3 Å². The van der Waals surface area contributed by atoms with Gasteiger partial charge in [0.25, 0.3) is 5.91 Å². The summed E-state index contributed by atoms with van der Waals surface area (Å²) in [5, 5.41) is 1.22. The molecule has 158 valence electrons. The van der Waals surface area contributed by atoms with Crippen LogP contribution in [0.5, 0.6) is 0 Å². The maximum Gasteiger partial charge on any atom is 0.278 e. The number of hydrogen-bond donors (Lipinski definition) is 1. The number of hydrogen-bond acceptors (Lipinski definition) is 4. The molecule has 1 aliphatic heterocycles. The number of thiazole rings is 1. The van der Waals surface area contributed by atoms with E-state index in [1.807, 2.05) is 40.5 Å². The van der Waals surface area contributed by atoms with E-state index in [9.17, 15) is 4.79 Å². The lowest BCUT2D eigenvalue weighted by molar-refractivity contribution is -0.898. The van der Waals surface area contributed by atoms with Crippen LogP contribution < -0.4 is 4.90 Å². The van der Waals surface area contributed by atoms with Gasteiger partial charge in [0.1, 0.15) is 5.01 Å². The van der Waals surface area contributed by atoms with E-state index >= 15 is 0 Å². The van der Waals surface area contributed by atoms with Crippen molar-refractivity contribution in [2.45, 2.75) is 25.3 Å². The van der Waals surface area contributed by atoms with E-state index in [4.69, 9.17) is 9.72 Å². The molecule has 30 heavy (non-hydrogen) atoms. The van der Waals surface area contributed by atoms with Crippen LogP contribution in [-0.2, 0) is 16.1 Å². The van der Waals surface area contributed by atoms with E-state index in [-0.39, 0.29) is 5.91 Å². The number of quaternary nitrogens is 1. The second-order valence-corrected chi connectivity index (χ2v) is 9.10. The Morgan fingerprint density at radius 3 is 2.80 bits per heavy atom. The van der Waals surface area contributed by atoms with Gasteiger partial charge >= 0.3 is 0 Å². The van der Waals surface area contributed by atoms with Crippen LogP contribution in [0.3, 0.4) is 0 Å². The summed E-state index contributed by atoms with van der Waals surface area (Å²) in [6.45, 7) is 4.39. The molecule has 2 heterocycles. The Balaban J connectivity index is 1.40. The Bertz CT molecular complexity index is 926. The predicted molar refractivity (Wildman–Crippen MR) is 121 cm³/mol. The largest absolute Gasteiger partial charge is 0.383 e. The Labute approximate surface area is 182 Å². The van der Waals surface area contributed by atoms with Crippen molar-refractivity contribution in [3.8, 4) is 0 Å². The average Bonchev–Trinajstić information content (AvgIpc) is 3.22. The number of piperidine rings is 1. The average molecular weight is 425 g/mol. The smallest absolute Gasteiger partial charge is 0.278 e. The minimum atomic E-state index is 0.204. The van der Waals surface area contributed by atoms with Gasteiger partial charge in [-0.15, -0.1) is 11.3 Å². The summed E-state index contributed by atoms with van der Waals surface area (Å²) < 4.78 is 6.50. The third-order valence-electron chi connectivity index (χ3n) is 5.81. The van der Waals surface area contributed by atoms with E-state index in [0.29, 0.717) is 32.2 Å². The minimum Gasteiger partial charge on any atom is -0.383 e. The van der Waals surface area contributed by atoms with E-state index in [1.165, 1.54) is 14.6 Å². The second-order valence-electron chi connectivity index (χ2n) is 8.03. The molecule has 1 fully saturated rings. The number of nitrogens with zero attached hydrogens (tertiary/aromatic N) is 2. The summed E-state index contributed by atoms with van der Waals surface area (Å²) in [7, 11) is 1.68. The maximum atomic E-state index is 13.1. The zero-order valence-corrected chi connectivity index (χ0v) is 18.4. The van der Waals surface area contributed by atoms with Crippen molar-refractivity contribution in [3.05, 3.63) is 65.2 Å². The number of rotatable bonds is 8. The molecule has 5 nitrogen and oxygen atoms in total. The SMILES string of the molecule is COCCN(Cc1ccccc1)C(=O)C[NH+]1CCC[C@@H](c2nc3ccccc3s2)C1. The summed E-state index contributed by atoms with van der Waals surface area (Å²) in [5.41, 5.74) is 2.25. The zero-order chi connectivity index (χ0) is 20.8. The molecule has 0 saturated carbocycles. The quantitative estimate of drug-likeness (QED) is 0.605. The molecular weight excluding hydrogens is 394 g/mol. The van der Waals surface area contributed by atoms with Gasteiger partial charge in [-0.2, -0.15) is 0 Å². The monoisotopic (exact) mass is 424 g/mol. The van der Waals surface area contributed by atoms with E-state index in [1.54, 1.807) is 7.11 Å². The normalized spacial score (nSPS) is 19.1. The third-order valence-corrected chi connectivity index (χ3v) is 7.01. The van der Waals surface area contributed by atoms with Crippen molar-refractivity contribution in [2.75, 3.05) is 39.9 Å². The fourth-order valence-electron chi connectivity index (χ4n) is 4.21. The van der Waals surface area contributed by atoms with Gasteiger partial charge in [-0.25, -0.2) is 4.98 Å². The molecule has 1 unspecified atom stereocenters. The Hall–Kier alpha value is -2.28. The Kier molecular flexibility index (Phi) is 7.10. The van der Waals surface area contributed by atoms with Gasteiger partial charge in [-0.1, -0.05) is 42.5 Å². The first-order chi connectivity index (χ1) is 14.7. The van der Waals surface area contributed by atoms with E-state index < -0.39 is 0 Å². The minimum absolute atomic E-state index is 0.204. The number of fused-ring (bicyclic) bond motifs is 1. The van der Waals surface area contributed by atoms with Gasteiger partial charge in [-0.3, -0.25) is 4.79 Å². The summed E-state index contributed by atoms with van der Waals surface area (Å²) in [6, 6.07) is 18.5. The highest BCUT2D eigenvalue weighted by molar-refractivity contribution is 7.18. The number of amides is 1. The summed E-state index contributed by atoms with van der Waals surface area (Å²) in [4.78, 5) is 21.3. The molecule has 1 saturated heterocycles. The van der Waals surface area contributed by atoms with Crippen LogP contribution in [0.1, 0.15) is 29.3 Å². The second kappa shape index (κ2) is 10.2. The number of carbonyl (C=O) groups is 1. The number of carbonyl (C=O) groups excluding carboxylic acids is 1. The molecule has 1 amide bonds. The lowest BCUT2D eigenvalue weighted by atomic mass is 9.98. The van der Waals surface area contributed by atoms with Crippen molar-refractivity contribution in [1.29, 1.82) is 0 Å². The summed E-state index contributed by atoms with van der Waals surface area (Å²) in [6.07, 6.45) is 2.30. The van der Waals surface area contributed by atoms with Crippen molar-refractivity contribution >= 4 is 27.5 Å². The first-order valence-electron chi connectivity index (χ1n) is 10.7. The van der Waals surface area contributed by atoms with Crippen LogP contribution in [0.15, 0.2) is 54.6 Å². The number of para-hydroxylation sites is 1. The molecule has 6 heteroatoms. The highest BCUT2D eigenvalue weighted by atomic mass is 32.1. The summed E-state index contributed by atoms with van der Waals surface area (Å²) in [5.74, 6) is 0.649. The van der Waals surface area contributed by atoms with Crippen LogP contribution in [0.25, 0.3) is 10.2 Å². The van der Waals surface area contributed by atoms with Gasteiger partial charge in [-0.05, 0) is 30.5 Å². The zero-order valence-electron chi connectivity index (χ0n) is 17.5. The number of methoxy groups -OCH3 is 1. The molecule has 0 spiro atoms. The van der Waals surface area contributed by atoms with Crippen LogP contribution in [0, 0.1) is 0 Å². The molecule has 2 atom stereocenters. The van der Waals surface area contributed by atoms with Crippen LogP contribution >= 0.6 is 11.3 Å². The molecule has 1 aromatic heterocycles. The summed E-state index contributed by atoms with van der Waals surface area (Å²) >= 11 is 1.81. The molecule has 0 bridgehead atoms. The molecule has 3 aromatic rings. The molecule has 4 rings (SSSR count). The highest BCUT2D eigenvalue weighted by Crippen LogP contribution is 2.30.